The van der Waals surface area contributed by atoms with Gasteiger partial charge in [-0.3, -0.25) is 0 Å². The van der Waals surface area contributed by atoms with Gasteiger partial charge < -0.3 is 5.32 Å². The van der Waals surface area contributed by atoms with Crippen LogP contribution in [0.1, 0.15) is 5.01 Å². The molecule has 0 aliphatic rings. The third-order valence-corrected chi connectivity index (χ3v) is 3.52. The van der Waals surface area contributed by atoms with E-state index in [0.29, 0.717) is 0 Å². The van der Waals surface area contributed by atoms with Crippen LogP contribution in [0.5, 0.6) is 0 Å². The number of rotatable bonds is 4. The lowest BCUT2D eigenvalue weighted by Gasteiger charge is -2.07. The first-order valence-electron chi connectivity index (χ1n) is 5.76. The maximum absolute atomic E-state index is 4.26. The van der Waals surface area contributed by atoms with E-state index in [0.717, 1.165) is 34.6 Å². The van der Waals surface area contributed by atoms with Crippen molar-refractivity contribution in [2.45, 2.75) is 6.42 Å². The molecule has 0 saturated heterocycles. The molecule has 0 atom stereocenters. The molecule has 3 rings (SSSR count). The van der Waals surface area contributed by atoms with Crippen LogP contribution in [-0.2, 0) is 6.42 Å². The van der Waals surface area contributed by atoms with Crippen LogP contribution in [0, 0.1) is 0 Å². The Kier molecular flexibility index (Phi) is 3.14. The molecule has 90 valence electrons. The van der Waals surface area contributed by atoms with E-state index >= 15 is 0 Å². The summed E-state index contributed by atoms with van der Waals surface area (Å²) in [5, 5.41) is 15.7. The van der Waals surface area contributed by atoms with E-state index in [4.69, 9.17) is 0 Å². The standard InChI is InChI=1S/C13H12N4S/c1-2-4-11-10(3-1)12(9-16-17-11)14-6-5-13-15-7-8-18-13/h1-4,7-9H,5-6H2,(H,14,17). The van der Waals surface area contributed by atoms with Crippen molar-refractivity contribution in [3.63, 3.8) is 0 Å². The smallest absolute Gasteiger partial charge is 0.0950 e. The zero-order valence-corrected chi connectivity index (χ0v) is 10.5. The summed E-state index contributed by atoms with van der Waals surface area (Å²) in [4.78, 5) is 4.26. The minimum absolute atomic E-state index is 0.850. The Balaban J connectivity index is 1.74. The third-order valence-electron chi connectivity index (χ3n) is 2.68. The maximum atomic E-state index is 4.26. The van der Waals surface area contributed by atoms with Gasteiger partial charge in [-0.25, -0.2) is 4.98 Å². The van der Waals surface area contributed by atoms with Crippen molar-refractivity contribution >= 4 is 27.9 Å². The highest BCUT2D eigenvalue weighted by Gasteiger charge is 2.02. The van der Waals surface area contributed by atoms with E-state index < -0.39 is 0 Å². The quantitative estimate of drug-likeness (QED) is 0.779. The van der Waals surface area contributed by atoms with Crippen LogP contribution in [0.3, 0.4) is 0 Å². The van der Waals surface area contributed by atoms with Crippen LogP contribution in [0.2, 0.25) is 0 Å². The highest BCUT2D eigenvalue weighted by molar-refractivity contribution is 7.09. The molecule has 4 nitrogen and oxygen atoms in total. The Bertz CT molecular complexity index is 631. The molecular weight excluding hydrogens is 244 g/mol. The topological polar surface area (TPSA) is 50.7 Å². The van der Waals surface area contributed by atoms with Gasteiger partial charge in [0.05, 0.1) is 22.4 Å². The second-order valence-electron chi connectivity index (χ2n) is 3.88. The Morgan fingerprint density at radius 3 is 3.06 bits per heavy atom. The number of thiazole rings is 1. The van der Waals surface area contributed by atoms with Crippen molar-refractivity contribution in [1.29, 1.82) is 0 Å². The summed E-state index contributed by atoms with van der Waals surface area (Å²) in [7, 11) is 0. The number of anilines is 1. The van der Waals surface area contributed by atoms with E-state index in [-0.39, 0.29) is 0 Å². The van der Waals surface area contributed by atoms with Crippen LogP contribution >= 0.6 is 11.3 Å². The van der Waals surface area contributed by atoms with Gasteiger partial charge in [0.2, 0.25) is 0 Å². The number of hydrogen-bond donors (Lipinski definition) is 1. The SMILES string of the molecule is c1ccc2c(NCCc3nccs3)cnnc2c1. The number of benzene rings is 1. The lowest BCUT2D eigenvalue weighted by molar-refractivity contribution is 0.991. The minimum Gasteiger partial charge on any atom is -0.383 e. The summed E-state index contributed by atoms with van der Waals surface area (Å²) in [6.07, 6.45) is 4.53. The fourth-order valence-electron chi connectivity index (χ4n) is 1.83. The molecule has 0 aliphatic carbocycles. The van der Waals surface area contributed by atoms with Crippen molar-refractivity contribution < 1.29 is 0 Å². The Hall–Kier alpha value is -2.01. The van der Waals surface area contributed by atoms with Crippen molar-refractivity contribution in [2.75, 3.05) is 11.9 Å². The van der Waals surface area contributed by atoms with Gasteiger partial charge in [-0.15, -0.1) is 11.3 Å². The number of hydrogen-bond acceptors (Lipinski definition) is 5. The molecule has 1 N–H and O–H groups in total. The normalized spacial score (nSPS) is 10.7. The van der Waals surface area contributed by atoms with Gasteiger partial charge in [0.25, 0.3) is 0 Å². The van der Waals surface area contributed by atoms with Crippen molar-refractivity contribution in [1.82, 2.24) is 15.2 Å². The zero-order valence-electron chi connectivity index (χ0n) is 9.71. The van der Waals surface area contributed by atoms with E-state index in [9.17, 15) is 0 Å². The molecule has 1 aromatic carbocycles. The number of fused-ring (bicyclic) bond motifs is 1. The van der Waals surface area contributed by atoms with Crippen molar-refractivity contribution in [3.05, 3.63) is 47.0 Å². The number of nitrogens with one attached hydrogen (secondary N) is 1. The highest BCUT2D eigenvalue weighted by Crippen LogP contribution is 2.19. The molecule has 0 unspecified atom stereocenters. The minimum atomic E-state index is 0.850. The van der Waals surface area contributed by atoms with Gasteiger partial charge in [0, 0.05) is 29.9 Å². The Morgan fingerprint density at radius 1 is 1.22 bits per heavy atom. The molecule has 3 aromatic rings. The molecule has 0 fully saturated rings. The van der Waals surface area contributed by atoms with Crippen molar-refractivity contribution in [3.8, 4) is 0 Å². The van der Waals surface area contributed by atoms with Crippen LogP contribution in [0.15, 0.2) is 42.0 Å². The predicted molar refractivity (Wildman–Crippen MR) is 73.8 cm³/mol. The molecule has 2 aromatic heterocycles. The molecule has 0 spiro atoms. The van der Waals surface area contributed by atoms with E-state index in [2.05, 4.69) is 26.6 Å². The van der Waals surface area contributed by atoms with Gasteiger partial charge >= 0.3 is 0 Å². The molecule has 5 heteroatoms. The molecule has 0 bridgehead atoms. The van der Waals surface area contributed by atoms with Crippen LogP contribution < -0.4 is 5.32 Å². The summed E-state index contributed by atoms with van der Waals surface area (Å²) in [6.45, 7) is 0.850. The zero-order chi connectivity index (χ0) is 12.2. The first-order chi connectivity index (χ1) is 8.93. The fourth-order valence-corrected chi connectivity index (χ4v) is 2.45. The van der Waals surface area contributed by atoms with Crippen LogP contribution in [0.4, 0.5) is 5.69 Å². The average Bonchev–Trinajstić information content (AvgIpc) is 2.92. The monoisotopic (exact) mass is 256 g/mol. The largest absolute Gasteiger partial charge is 0.383 e. The lowest BCUT2D eigenvalue weighted by Crippen LogP contribution is -2.05. The average molecular weight is 256 g/mol. The summed E-state index contributed by atoms with van der Waals surface area (Å²) < 4.78 is 0. The summed E-state index contributed by atoms with van der Waals surface area (Å²) in [5.74, 6) is 0. The second-order valence-corrected chi connectivity index (χ2v) is 4.86. The van der Waals surface area contributed by atoms with Gasteiger partial charge in [-0.2, -0.15) is 10.2 Å². The lowest BCUT2D eigenvalue weighted by atomic mass is 10.2. The van der Waals surface area contributed by atoms with Gasteiger partial charge in [-0.1, -0.05) is 18.2 Å². The third kappa shape index (κ3) is 2.31. The maximum Gasteiger partial charge on any atom is 0.0950 e. The van der Waals surface area contributed by atoms with Crippen molar-refractivity contribution in [2.24, 2.45) is 0 Å². The first-order valence-corrected chi connectivity index (χ1v) is 6.64. The molecular formula is C13H12N4S. The molecule has 0 amide bonds. The highest BCUT2D eigenvalue weighted by atomic mass is 32.1. The predicted octanol–water partition coefficient (Wildman–Crippen LogP) is 2.74. The molecule has 0 aliphatic heterocycles. The molecule has 2 heterocycles. The summed E-state index contributed by atoms with van der Waals surface area (Å²) >= 11 is 1.68. The second kappa shape index (κ2) is 5.10. The first kappa shape index (κ1) is 11.1. The van der Waals surface area contributed by atoms with Gasteiger partial charge in [0.1, 0.15) is 0 Å². The summed E-state index contributed by atoms with van der Waals surface area (Å²) in [6, 6.07) is 8.00. The van der Waals surface area contributed by atoms with E-state index in [1.54, 1.807) is 17.5 Å². The van der Waals surface area contributed by atoms with Crippen LogP contribution in [-0.4, -0.2) is 21.7 Å². The Morgan fingerprint density at radius 2 is 2.17 bits per heavy atom. The fraction of sp³-hybridized carbons (Fsp3) is 0.154. The van der Waals surface area contributed by atoms with E-state index in [1.807, 2.05) is 29.8 Å². The molecule has 18 heavy (non-hydrogen) atoms. The summed E-state index contributed by atoms with van der Waals surface area (Å²) in [5.41, 5.74) is 1.94. The van der Waals surface area contributed by atoms with Gasteiger partial charge in [-0.05, 0) is 6.07 Å². The number of aromatic nitrogens is 3. The Labute approximate surface area is 109 Å². The number of nitrogens with zero attached hydrogens (tertiary/aromatic N) is 3. The van der Waals surface area contributed by atoms with Gasteiger partial charge in [0.15, 0.2) is 0 Å². The van der Waals surface area contributed by atoms with Crippen LogP contribution in [0.25, 0.3) is 10.9 Å². The van der Waals surface area contributed by atoms with E-state index in [1.165, 1.54) is 0 Å². The molecule has 0 radical (unpaired) electrons. The molecule has 0 saturated carbocycles.